The van der Waals surface area contributed by atoms with E-state index in [0.29, 0.717) is 25.7 Å². The molecule has 0 fully saturated rings. The molecule has 0 radical (unpaired) electrons. The van der Waals surface area contributed by atoms with Gasteiger partial charge in [-0.2, -0.15) is 0 Å². The smallest absolute Gasteiger partial charge is 0.305 e. The highest BCUT2D eigenvalue weighted by atomic mass is 16.6. The predicted octanol–water partition coefficient (Wildman–Crippen LogP) is 19.8. The Kier molecular flexibility index (Phi) is 51.5. The highest BCUT2D eigenvalue weighted by molar-refractivity contribution is 5.70. The second kappa shape index (κ2) is 52.8. The van der Waals surface area contributed by atoms with E-state index in [1.807, 2.05) is 6.92 Å². The summed E-state index contributed by atoms with van der Waals surface area (Å²) < 4.78 is 17.5. The molecule has 0 heterocycles. The maximum Gasteiger partial charge on any atom is 0.305 e. The van der Waals surface area contributed by atoms with Gasteiger partial charge in [0, 0.05) is 19.3 Å². The monoisotopic (exact) mass is 933 g/mol. The zero-order chi connectivity index (χ0) is 48.1. The number of ether oxygens (including phenoxy) is 3. The topological polar surface area (TPSA) is 78.9 Å². The van der Waals surface area contributed by atoms with Gasteiger partial charge in [0.1, 0.15) is 19.8 Å². The van der Waals surface area contributed by atoms with Crippen LogP contribution >= 0.6 is 0 Å². The van der Waals surface area contributed by atoms with Gasteiger partial charge in [0.2, 0.25) is 0 Å². The first kappa shape index (κ1) is 64.4. The predicted molar refractivity (Wildman–Crippen MR) is 284 cm³/mol. The number of carbonyl (C=O) groups excluding carboxylic acids is 3. The zero-order valence-corrected chi connectivity index (χ0v) is 45.2. The molecule has 0 aliphatic rings. The van der Waals surface area contributed by atoms with Crippen LogP contribution in [-0.2, 0) is 28.6 Å². The summed E-state index contributed by atoms with van der Waals surface area (Å²) in [5.74, 6) is -0.637. The van der Waals surface area contributed by atoms with Crippen LogP contribution in [0.15, 0.2) is 0 Å². The van der Waals surface area contributed by atoms with Crippen molar-refractivity contribution in [2.75, 3.05) is 19.8 Å². The summed E-state index contributed by atoms with van der Waals surface area (Å²) in [5.41, 5.74) is -0.736. The van der Waals surface area contributed by atoms with E-state index in [1.54, 1.807) is 0 Å². The lowest BCUT2D eigenvalue weighted by molar-refractivity contribution is -0.162. The van der Waals surface area contributed by atoms with Crippen LogP contribution in [0, 0.1) is 5.41 Å². The number of rotatable bonds is 55. The SMILES string of the molecule is CCCCCCCCCCCCCCCCCC(=O)OCC(CC)(COC(=O)CCCCCCCCCCCCCCCCC)COC(=O)CCCCCCCCCCCCCCCCC. The number of esters is 3. The molecule has 6 nitrogen and oxygen atoms in total. The fraction of sp³-hybridized carbons (Fsp3) is 0.950. The van der Waals surface area contributed by atoms with Crippen molar-refractivity contribution in [2.24, 2.45) is 5.41 Å². The van der Waals surface area contributed by atoms with Crippen LogP contribution in [0.1, 0.15) is 342 Å². The quantitative estimate of drug-likeness (QED) is 0.0343. The Morgan fingerprint density at radius 2 is 0.394 bits per heavy atom. The molecule has 0 saturated heterocycles. The molecular weight excluding hydrogens is 817 g/mol. The Hall–Kier alpha value is -1.59. The van der Waals surface area contributed by atoms with Crippen LogP contribution in [0.4, 0.5) is 0 Å². The number of hydrogen-bond donors (Lipinski definition) is 0. The summed E-state index contributed by atoms with van der Waals surface area (Å²) in [6.45, 7) is 9.13. The summed E-state index contributed by atoms with van der Waals surface area (Å²) in [4.78, 5) is 38.7. The van der Waals surface area contributed by atoms with Gasteiger partial charge in [-0.25, -0.2) is 0 Å². The van der Waals surface area contributed by atoms with Crippen LogP contribution in [-0.4, -0.2) is 37.7 Å². The van der Waals surface area contributed by atoms with E-state index in [1.165, 1.54) is 231 Å². The standard InChI is InChI=1S/C60H116O6/c1-5-9-12-15-18-21-24-27-30-33-36-39-42-45-48-51-57(61)64-54-60(8-4,55-65-58(62)52-49-46-43-40-37-34-31-28-25-22-19-16-13-10-6-2)56-66-59(63)53-50-47-44-41-38-35-32-29-26-23-20-17-14-11-7-3/h5-56H2,1-4H3. The van der Waals surface area contributed by atoms with E-state index in [4.69, 9.17) is 14.2 Å². The van der Waals surface area contributed by atoms with Gasteiger partial charge in [-0.3, -0.25) is 14.4 Å². The van der Waals surface area contributed by atoms with Gasteiger partial charge in [0.25, 0.3) is 0 Å². The van der Waals surface area contributed by atoms with Crippen molar-refractivity contribution in [3.8, 4) is 0 Å². The third kappa shape index (κ3) is 47.5. The van der Waals surface area contributed by atoms with E-state index in [9.17, 15) is 14.4 Å². The Morgan fingerprint density at radius 1 is 0.242 bits per heavy atom. The molecular formula is C60H116O6. The van der Waals surface area contributed by atoms with E-state index in [-0.39, 0.29) is 37.7 Å². The van der Waals surface area contributed by atoms with Gasteiger partial charge < -0.3 is 14.2 Å². The van der Waals surface area contributed by atoms with Gasteiger partial charge >= 0.3 is 17.9 Å². The molecule has 0 aromatic heterocycles. The molecule has 0 unspecified atom stereocenters. The molecule has 0 bridgehead atoms. The minimum atomic E-state index is -0.736. The summed E-state index contributed by atoms with van der Waals surface area (Å²) in [6, 6.07) is 0. The van der Waals surface area contributed by atoms with Gasteiger partial charge in [-0.1, -0.05) is 297 Å². The maximum absolute atomic E-state index is 12.9. The van der Waals surface area contributed by atoms with Crippen LogP contribution in [0.5, 0.6) is 0 Å². The third-order valence-corrected chi connectivity index (χ3v) is 14.3. The molecule has 0 spiro atoms. The van der Waals surface area contributed by atoms with Crippen LogP contribution in [0.2, 0.25) is 0 Å². The van der Waals surface area contributed by atoms with E-state index < -0.39 is 5.41 Å². The molecule has 0 amide bonds. The first-order valence-corrected chi connectivity index (χ1v) is 29.9. The average molecular weight is 934 g/mol. The first-order valence-electron chi connectivity index (χ1n) is 29.9. The van der Waals surface area contributed by atoms with Gasteiger partial charge in [0.05, 0.1) is 5.41 Å². The summed E-state index contributed by atoms with van der Waals surface area (Å²) >= 11 is 0. The average Bonchev–Trinajstić information content (AvgIpc) is 3.32. The molecule has 6 heteroatoms. The fourth-order valence-corrected chi connectivity index (χ4v) is 9.27. The molecule has 0 N–H and O–H groups in total. The van der Waals surface area contributed by atoms with Crippen molar-refractivity contribution < 1.29 is 28.6 Å². The lowest BCUT2D eigenvalue weighted by atomic mass is 9.88. The molecule has 0 aromatic rings. The summed E-state index contributed by atoms with van der Waals surface area (Å²) in [5, 5.41) is 0. The fourth-order valence-electron chi connectivity index (χ4n) is 9.27. The van der Waals surface area contributed by atoms with E-state index in [2.05, 4.69) is 20.8 Å². The van der Waals surface area contributed by atoms with Crippen molar-refractivity contribution >= 4 is 17.9 Å². The number of hydrogen-bond acceptors (Lipinski definition) is 6. The molecule has 0 atom stereocenters. The third-order valence-electron chi connectivity index (χ3n) is 14.3. The Labute approximate surface area is 412 Å². The lowest BCUT2D eigenvalue weighted by Crippen LogP contribution is -2.39. The molecule has 66 heavy (non-hydrogen) atoms. The van der Waals surface area contributed by atoms with Crippen molar-refractivity contribution in [1.82, 2.24) is 0 Å². The minimum absolute atomic E-state index is 0.0968. The second-order valence-corrected chi connectivity index (χ2v) is 20.9. The second-order valence-electron chi connectivity index (χ2n) is 20.9. The van der Waals surface area contributed by atoms with E-state index in [0.717, 1.165) is 57.8 Å². The first-order chi connectivity index (χ1) is 32.4. The Bertz CT molecular complexity index is 889. The molecule has 0 aliphatic carbocycles. The van der Waals surface area contributed by atoms with Crippen molar-refractivity contribution in [1.29, 1.82) is 0 Å². The molecule has 0 aliphatic heterocycles. The zero-order valence-electron chi connectivity index (χ0n) is 45.2. The van der Waals surface area contributed by atoms with Crippen LogP contribution in [0.25, 0.3) is 0 Å². The van der Waals surface area contributed by atoms with Crippen molar-refractivity contribution in [3.63, 3.8) is 0 Å². The van der Waals surface area contributed by atoms with Gasteiger partial charge in [-0.15, -0.1) is 0 Å². The largest absolute Gasteiger partial charge is 0.465 e. The summed E-state index contributed by atoms with van der Waals surface area (Å²) in [6.07, 6.45) is 59.7. The van der Waals surface area contributed by atoms with Crippen LogP contribution in [0.3, 0.4) is 0 Å². The molecule has 0 saturated carbocycles. The lowest BCUT2D eigenvalue weighted by Gasteiger charge is -2.31. The van der Waals surface area contributed by atoms with Gasteiger partial charge in [0.15, 0.2) is 0 Å². The molecule has 0 aromatic carbocycles. The Morgan fingerprint density at radius 3 is 0.545 bits per heavy atom. The summed E-state index contributed by atoms with van der Waals surface area (Å²) in [7, 11) is 0. The van der Waals surface area contributed by atoms with Gasteiger partial charge in [-0.05, 0) is 25.7 Å². The normalized spacial score (nSPS) is 11.6. The minimum Gasteiger partial charge on any atom is -0.465 e. The maximum atomic E-state index is 12.9. The highest BCUT2D eigenvalue weighted by Gasteiger charge is 2.34. The Balaban J connectivity index is 4.53. The van der Waals surface area contributed by atoms with E-state index >= 15 is 0 Å². The number of unbranched alkanes of at least 4 members (excludes halogenated alkanes) is 42. The van der Waals surface area contributed by atoms with Crippen molar-refractivity contribution in [3.05, 3.63) is 0 Å². The molecule has 0 rings (SSSR count). The number of carbonyl (C=O) groups is 3. The van der Waals surface area contributed by atoms with Crippen LogP contribution < -0.4 is 0 Å². The highest BCUT2D eigenvalue weighted by Crippen LogP contribution is 2.26. The molecule has 392 valence electrons. The van der Waals surface area contributed by atoms with Crippen molar-refractivity contribution in [2.45, 2.75) is 342 Å².